The Hall–Kier alpha value is -1.14. The average molecular weight is 341 g/mol. The van der Waals surface area contributed by atoms with Gasteiger partial charge in [0.25, 0.3) is 0 Å². The molecule has 100 valence electrons. The minimum absolute atomic E-state index is 0.0266. The molecule has 19 heavy (non-hydrogen) atoms. The largest absolute Gasteiger partial charge is 0.268 e. The summed E-state index contributed by atoms with van der Waals surface area (Å²) in [6, 6.07) is 7.89. The normalized spacial score (nSPS) is 21.6. The van der Waals surface area contributed by atoms with E-state index in [2.05, 4.69) is 21.0 Å². The molecule has 1 saturated heterocycles. The van der Waals surface area contributed by atoms with Crippen LogP contribution in [-0.2, 0) is 9.84 Å². The number of nitrogens with zero attached hydrogens (tertiary/aromatic N) is 2. The molecule has 0 radical (unpaired) electrons. The predicted octanol–water partition coefficient (Wildman–Crippen LogP) is 2.67. The van der Waals surface area contributed by atoms with E-state index in [1.807, 2.05) is 30.5 Å². The van der Waals surface area contributed by atoms with Gasteiger partial charge in [-0.25, -0.2) is 8.42 Å². The summed E-state index contributed by atoms with van der Waals surface area (Å²) < 4.78 is 25.8. The van der Waals surface area contributed by atoms with Crippen molar-refractivity contribution < 1.29 is 8.42 Å². The third-order valence-corrected chi connectivity index (χ3v) is 5.81. The van der Waals surface area contributed by atoms with Crippen LogP contribution in [0.3, 0.4) is 0 Å². The fourth-order valence-corrected chi connectivity index (χ4v) is 4.57. The fourth-order valence-electron chi connectivity index (χ4n) is 2.36. The topological polar surface area (TPSA) is 52.0 Å². The molecule has 2 heterocycles. The number of aromatic nitrogens is 2. The Kier molecular flexibility index (Phi) is 3.22. The van der Waals surface area contributed by atoms with Crippen molar-refractivity contribution in [3.05, 3.63) is 41.1 Å². The number of hydrogen-bond donors (Lipinski definition) is 0. The van der Waals surface area contributed by atoms with Crippen molar-refractivity contribution in [3.8, 4) is 11.1 Å². The van der Waals surface area contributed by atoms with E-state index in [4.69, 9.17) is 0 Å². The van der Waals surface area contributed by atoms with E-state index in [1.54, 1.807) is 10.9 Å². The van der Waals surface area contributed by atoms with Crippen LogP contribution in [-0.4, -0.2) is 29.7 Å². The van der Waals surface area contributed by atoms with Gasteiger partial charge in [-0.05, 0) is 18.1 Å². The van der Waals surface area contributed by atoms with Crippen molar-refractivity contribution in [2.75, 3.05) is 11.5 Å². The summed E-state index contributed by atoms with van der Waals surface area (Å²) in [6.45, 7) is 0. The van der Waals surface area contributed by atoms with Crippen LogP contribution in [0.1, 0.15) is 12.5 Å². The third-order valence-electron chi connectivity index (χ3n) is 3.37. The molecule has 1 unspecified atom stereocenters. The molecular formula is C13H13BrN2O2S. The van der Waals surface area contributed by atoms with Gasteiger partial charge in [0.15, 0.2) is 9.84 Å². The number of hydrogen-bond acceptors (Lipinski definition) is 3. The summed E-state index contributed by atoms with van der Waals surface area (Å²) in [5.74, 6) is 0.464. The third kappa shape index (κ3) is 2.60. The maximum Gasteiger partial charge on any atom is 0.152 e. The van der Waals surface area contributed by atoms with Crippen LogP contribution in [0.2, 0.25) is 0 Å². The lowest BCUT2D eigenvalue weighted by Gasteiger charge is -2.07. The van der Waals surface area contributed by atoms with Gasteiger partial charge in [-0.15, -0.1) is 0 Å². The maximum atomic E-state index is 11.5. The van der Waals surface area contributed by atoms with Crippen LogP contribution in [0.15, 0.2) is 41.1 Å². The number of sulfone groups is 1. The van der Waals surface area contributed by atoms with Crippen LogP contribution < -0.4 is 0 Å². The van der Waals surface area contributed by atoms with Crippen molar-refractivity contribution in [3.63, 3.8) is 0 Å². The Balaban J connectivity index is 1.91. The highest BCUT2D eigenvalue weighted by molar-refractivity contribution is 9.10. The first-order chi connectivity index (χ1) is 9.05. The second kappa shape index (κ2) is 4.76. The minimum Gasteiger partial charge on any atom is -0.268 e. The second-order valence-corrected chi connectivity index (χ2v) is 7.83. The number of benzene rings is 1. The summed E-state index contributed by atoms with van der Waals surface area (Å²) in [5, 5.41) is 4.31. The molecule has 1 atom stereocenters. The fraction of sp³-hybridized carbons (Fsp3) is 0.308. The monoisotopic (exact) mass is 340 g/mol. The first-order valence-corrected chi connectivity index (χ1v) is 8.66. The zero-order chi connectivity index (χ0) is 13.5. The second-order valence-electron chi connectivity index (χ2n) is 4.75. The van der Waals surface area contributed by atoms with Gasteiger partial charge in [0, 0.05) is 16.2 Å². The predicted molar refractivity (Wildman–Crippen MR) is 77.7 cm³/mol. The van der Waals surface area contributed by atoms with E-state index in [9.17, 15) is 8.42 Å². The van der Waals surface area contributed by atoms with Gasteiger partial charge in [0.05, 0.1) is 23.7 Å². The van der Waals surface area contributed by atoms with Crippen LogP contribution in [0.4, 0.5) is 0 Å². The molecule has 1 aromatic carbocycles. The van der Waals surface area contributed by atoms with Crippen molar-refractivity contribution >= 4 is 25.8 Å². The molecule has 0 aliphatic carbocycles. The number of rotatable bonds is 2. The van der Waals surface area contributed by atoms with E-state index in [1.165, 1.54) is 0 Å². The van der Waals surface area contributed by atoms with Crippen LogP contribution in [0, 0.1) is 0 Å². The average Bonchev–Trinajstić information content (AvgIpc) is 2.96. The lowest BCUT2D eigenvalue weighted by atomic mass is 10.1. The van der Waals surface area contributed by atoms with Gasteiger partial charge in [-0.3, -0.25) is 4.68 Å². The highest BCUT2D eigenvalue weighted by Gasteiger charge is 2.29. The molecule has 1 aromatic heterocycles. The molecule has 1 fully saturated rings. The van der Waals surface area contributed by atoms with Gasteiger partial charge in [-0.1, -0.05) is 34.1 Å². The standard InChI is InChI=1S/C13H13BrN2O2S/c14-13-4-2-1-3-12(13)10-7-15-16(8-10)11-5-6-19(17,18)9-11/h1-4,7-8,11H,5-6,9H2. The zero-order valence-electron chi connectivity index (χ0n) is 10.2. The lowest BCUT2D eigenvalue weighted by molar-refractivity contribution is 0.500. The van der Waals surface area contributed by atoms with E-state index >= 15 is 0 Å². The van der Waals surface area contributed by atoms with Crippen molar-refractivity contribution in [2.45, 2.75) is 12.5 Å². The lowest BCUT2D eigenvalue weighted by Crippen LogP contribution is -2.11. The first-order valence-electron chi connectivity index (χ1n) is 6.05. The molecular weight excluding hydrogens is 328 g/mol. The van der Waals surface area contributed by atoms with Crippen molar-refractivity contribution in [1.82, 2.24) is 9.78 Å². The molecule has 0 amide bonds. The molecule has 4 nitrogen and oxygen atoms in total. The van der Waals surface area contributed by atoms with Gasteiger partial charge >= 0.3 is 0 Å². The summed E-state index contributed by atoms with van der Waals surface area (Å²) in [5.41, 5.74) is 2.06. The molecule has 0 saturated carbocycles. The van der Waals surface area contributed by atoms with Gasteiger partial charge in [0.1, 0.15) is 0 Å². The number of halogens is 1. The minimum atomic E-state index is -2.88. The molecule has 0 bridgehead atoms. The first kappa shape index (κ1) is 12.9. The van der Waals surface area contributed by atoms with Gasteiger partial charge in [0.2, 0.25) is 0 Å². The Bertz CT molecular complexity index is 709. The van der Waals surface area contributed by atoms with Gasteiger partial charge in [-0.2, -0.15) is 5.10 Å². The molecule has 0 spiro atoms. The molecule has 6 heteroatoms. The zero-order valence-corrected chi connectivity index (χ0v) is 12.6. The molecule has 2 aromatic rings. The summed E-state index contributed by atoms with van der Waals surface area (Å²) in [4.78, 5) is 0. The highest BCUT2D eigenvalue weighted by Crippen LogP contribution is 2.29. The Morgan fingerprint density at radius 2 is 2.11 bits per heavy atom. The summed E-state index contributed by atoms with van der Waals surface area (Å²) >= 11 is 3.51. The molecule has 3 rings (SSSR count). The maximum absolute atomic E-state index is 11.5. The molecule has 0 N–H and O–H groups in total. The smallest absolute Gasteiger partial charge is 0.152 e. The van der Waals surface area contributed by atoms with Crippen molar-refractivity contribution in [2.24, 2.45) is 0 Å². The Morgan fingerprint density at radius 3 is 2.79 bits per heavy atom. The SMILES string of the molecule is O=S1(=O)CCC(n2cc(-c3ccccc3Br)cn2)C1. The van der Waals surface area contributed by atoms with Crippen molar-refractivity contribution in [1.29, 1.82) is 0 Å². The van der Waals surface area contributed by atoms with Crippen LogP contribution >= 0.6 is 15.9 Å². The summed E-state index contributed by atoms with van der Waals surface area (Å²) in [7, 11) is -2.88. The Labute approximate surface area is 120 Å². The summed E-state index contributed by atoms with van der Waals surface area (Å²) in [6.07, 6.45) is 4.36. The van der Waals surface area contributed by atoms with Crippen LogP contribution in [0.5, 0.6) is 0 Å². The molecule has 1 aliphatic rings. The van der Waals surface area contributed by atoms with Crippen LogP contribution in [0.25, 0.3) is 11.1 Å². The highest BCUT2D eigenvalue weighted by atomic mass is 79.9. The van der Waals surface area contributed by atoms with E-state index in [0.29, 0.717) is 6.42 Å². The van der Waals surface area contributed by atoms with E-state index < -0.39 is 9.84 Å². The van der Waals surface area contributed by atoms with E-state index in [0.717, 1.165) is 15.6 Å². The Morgan fingerprint density at radius 1 is 1.32 bits per heavy atom. The quantitative estimate of drug-likeness (QED) is 0.844. The molecule has 1 aliphatic heterocycles. The van der Waals surface area contributed by atoms with Gasteiger partial charge < -0.3 is 0 Å². The van der Waals surface area contributed by atoms with E-state index in [-0.39, 0.29) is 17.5 Å².